The Bertz CT molecular complexity index is 473. The third-order valence-electron chi connectivity index (χ3n) is 1.98. The number of aromatic carboxylic acids is 1. The maximum Gasteiger partial charge on any atom is 0.339 e. The molecule has 0 fully saturated rings. The summed E-state index contributed by atoms with van der Waals surface area (Å²) in [4.78, 5) is 22.0. The fourth-order valence-corrected chi connectivity index (χ4v) is 1.17. The second-order valence-corrected chi connectivity index (χ2v) is 3.33. The molecule has 0 saturated heterocycles. The standard InChI is InChI=1S/C12H12FNO4/c1-2-5-14-11(15)7-18-10-6-8(13)3-4-9(10)12(16)17/h2-4,6H,1,5,7H2,(H,14,15)(H,16,17). The van der Waals surface area contributed by atoms with Gasteiger partial charge in [-0.1, -0.05) is 6.08 Å². The average Bonchev–Trinajstić information content (AvgIpc) is 2.33. The highest BCUT2D eigenvalue weighted by Crippen LogP contribution is 2.19. The molecule has 2 N–H and O–H groups in total. The summed E-state index contributed by atoms with van der Waals surface area (Å²) in [6.07, 6.45) is 1.49. The van der Waals surface area contributed by atoms with Gasteiger partial charge in [-0.15, -0.1) is 6.58 Å². The van der Waals surface area contributed by atoms with Gasteiger partial charge in [0, 0.05) is 12.6 Å². The Morgan fingerprint density at radius 3 is 2.83 bits per heavy atom. The van der Waals surface area contributed by atoms with E-state index in [4.69, 9.17) is 9.84 Å². The number of nitrogens with one attached hydrogen (secondary N) is 1. The molecule has 0 atom stereocenters. The molecule has 1 aromatic carbocycles. The molecule has 0 aliphatic carbocycles. The number of carbonyl (C=O) groups excluding carboxylic acids is 1. The van der Waals surface area contributed by atoms with Crippen LogP contribution >= 0.6 is 0 Å². The number of amides is 1. The number of carboxylic acid groups (broad SMARTS) is 1. The van der Waals surface area contributed by atoms with Crippen molar-refractivity contribution in [2.24, 2.45) is 0 Å². The van der Waals surface area contributed by atoms with Crippen LogP contribution in [0.25, 0.3) is 0 Å². The SMILES string of the molecule is C=CCNC(=O)COc1cc(F)ccc1C(=O)O. The molecule has 5 nitrogen and oxygen atoms in total. The molecule has 0 unspecified atom stereocenters. The van der Waals surface area contributed by atoms with Gasteiger partial charge in [0.05, 0.1) is 0 Å². The first kappa shape index (κ1) is 13.7. The number of halogens is 1. The van der Waals surface area contributed by atoms with Crippen molar-refractivity contribution in [2.75, 3.05) is 13.2 Å². The van der Waals surface area contributed by atoms with E-state index in [2.05, 4.69) is 11.9 Å². The van der Waals surface area contributed by atoms with Crippen LogP contribution in [0.1, 0.15) is 10.4 Å². The molecule has 96 valence electrons. The first-order valence-electron chi connectivity index (χ1n) is 5.08. The Morgan fingerprint density at radius 1 is 1.50 bits per heavy atom. The van der Waals surface area contributed by atoms with Crippen LogP contribution in [0.2, 0.25) is 0 Å². The van der Waals surface area contributed by atoms with Crippen LogP contribution in [-0.2, 0) is 4.79 Å². The summed E-state index contributed by atoms with van der Waals surface area (Å²) in [5.74, 6) is -2.52. The maximum absolute atomic E-state index is 13.0. The molecule has 0 heterocycles. The second-order valence-electron chi connectivity index (χ2n) is 3.33. The van der Waals surface area contributed by atoms with E-state index >= 15 is 0 Å². The molecule has 0 aliphatic rings. The number of rotatable bonds is 6. The summed E-state index contributed by atoms with van der Waals surface area (Å²) < 4.78 is 17.9. The summed E-state index contributed by atoms with van der Waals surface area (Å²) in [6, 6.07) is 3.01. The fourth-order valence-electron chi connectivity index (χ4n) is 1.17. The van der Waals surface area contributed by atoms with E-state index in [9.17, 15) is 14.0 Å². The van der Waals surface area contributed by atoms with Crippen LogP contribution in [0.4, 0.5) is 4.39 Å². The van der Waals surface area contributed by atoms with E-state index < -0.39 is 24.3 Å². The molecule has 1 rings (SSSR count). The normalized spacial score (nSPS) is 9.61. The Labute approximate surface area is 103 Å². The van der Waals surface area contributed by atoms with Gasteiger partial charge in [-0.2, -0.15) is 0 Å². The van der Waals surface area contributed by atoms with Gasteiger partial charge in [-0.25, -0.2) is 9.18 Å². The molecule has 0 saturated carbocycles. The molecule has 0 radical (unpaired) electrons. The van der Waals surface area contributed by atoms with Gasteiger partial charge >= 0.3 is 5.97 Å². The van der Waals surface area contributed by atoms with Crippen molar-refractivity contribution in [1.82, 2.24) is 5.32 Å². The van der Waals surface area contributed by atoms with Gasteiger partial charge in [0.15, 0.2) is 6.61 Å². The van der Waals surface area contributed by atoms with Crippen molar-refractivity contribution in [3.05, 3.63) is 42.2 Å². The van der Waals surface area contributed by atoms with Crippen molar-refractivity contribution < 1.29 is 23.8 Å². The van der Waals surface area contributed by atoms with E-state index in [1.807, 2.05) is 0 Å². The molecule has 0 spiro atoms. The first-order chi connectivity index (χ1) is 8.54. The summed E-state index contributed by atoms with van der Waals surface area (Å²) in [7, 11) is 0. The maximum atomic E-state index is 13.0. The predicted octanol–water partition coefficient (Wildman–Crippen LogP) is 1.20. The Balaban J connectivity index is 2.71. The van der Waals surface area contributed by atoms with E-state index in [-0.39, 0.29) is 17.9 Å². The lowest BCUT2D eigenvalue weighted by Gasteiger charge is -2.08. The predicted molar refractivity (Wildman–Crippen MR) is 62.1 cm³/mol. The molecular weight excluding hydrogens is 241 g/mol. The van der Waals surface area contributed by atoms with Gasteiger partial charge in [0.25, 0.3) is 5.91 Å². The topological polar surface area (TPSA) is 75.6 Å². The van der Waals surface area contributed by atoms with E-state index in [1.165, 1.54) is 6.08 Å². The average molecular weight is 253 g/mol. The number of benzene rings is 1. The smallest absolute Gasteiger partial charge is 0.339 e. The lowest BCUT2D eigenvalue weighted by molar-refractivity contribution is -0.122. The van der Waals surface area contributed by atoms with E-state index in [0.717, 1.165) is 18.2 Å². The van der Waals surface area contributed by atoms with Crippen LogP contribution in [0.5, 0.6) is 5.75 Å². The van der Waals surface area contributed by atoms with Gasteiger partial charge < -0.3 is 15.2 Å². The van der Waals surface area contributed by atoms with Crippen LogP contribution in [-0.4, -0.2) is 30.1 Å². The molecule has 0 aliphatic heterocycles. The van der Waals surface area contributed by atoms with Crippen molar-refractivity contribution in [2.45, 2.75) is 0 Å². The zero-order chi connectivity index (χ0) is 13.5. The summed E-state index contributed by atoms with van der Waals surface area (Å²) >= 11 is 0. The van der Waals surface area contributed by atoms with Crippen LogP contribution < -0.4 is 10.1 Å². The summed E-state index contributed by atoms with van der Waals surface area (Å²) in [5, 5.41) is 11.3. The minimum Gasteiger partial charge on any atom is -0.483 e. The highest BCUT2D eigenvalue weighted by atomic mass is 19.1. The van der Waals surface area contributed by atoms with Crippen molar-refractivity contribution in [3.8, 4) is 5.75 Å². The number of ether oxygens (including phenoxy) is 1. The van der Waals surface area contributed by atoms with Gasteiger partial charge in [-0.3, -0.25) is 4.79 Å². The van der Waals surface area contributed by atoms with Gasteiger partial charge in [-0.05, 0) is 12.1 Å². The Morgan fingerprint density at radius 2 is 2.22 bits per heavy atom. The van der Waals surface area contributed by atoms with Crippen LogP contribution in [0.3, 0.4) is 0 Å². The number of carbonyl (C=O) groups is 2. The highest BCUT2D eigenvalue weighted by molar-refractivity contribution is 5.91. The number of carboxylic acids is 1. The first-order valence-corrected chi connectivity index (χ1v) is 5.08. The third-order valence-corrected chi connectivity index (χ3v) is 1.98. The third kappa shape index (κ3) is 3.89. The number of hydrogen-bond acceptors (Lipinski definition) is 3. The van der Waals surface area contributed by atoms with Crippen LogP contribution in [0.15, 0.2) is 30.9 Å². The van der Waals surface area contributed by atoms with E-state index in [0.29, 0.717) is 0 Å². The largest absolute Gasteiger partial charge is 0.483 e. The zero-order valence-corrected chi connectivity index (χ0v) is 9.48. The minimum atomic E-state index is -1.25. The minimum absolute atomic E-state index is 0.184. The zero-order valence-electron chi connectivity index (χ0n) is 9.48. The Hall–Kier alpha value is -2.37. The Kier molecular flexibility index (Phi) is 4.86. The summed E-state index contributed by atoms with van der Waals surface area (Å²) in [5.41, 5.74) is -0.201. The lowest BCUT2D eigenvalue weighted by atomic mass is 10.2. The molecule has 18 heavy (non-hydrogen) atoms. The van der Waals surface area contributed by atoms with Crippen molar-refractivity contribution in [3.63, 3.8) is 0 Å². The van der Waals surface area contributed by atoms with Crippen LogP contribution in [0, 0.1) is 5.82 Å². The quantitative estimate of drug-likeness (QED) is 0.747. The highest BCUT2D eigenvalue weighted by Gasteiger charge is 2.13. The lowest BCUT2D eigenvalue weighted by Crippen LogP contribution is -2.29. The molecule has 0 bridgehead atoms. The molecule has 1 amide bonds. The fraction of sp³-hybridized carbons (Fsp3) is 0.167. The molecule has 0 aromatic heterocycles. The second kappa shape index (κ2) is 6.39. The van der Waals surface area contributed by atoms with Crippen molar-refractivity contribution in [1.29, 1.82) is 0 Å². The van der Waals surface area contributed by atoms with Gasteiger partial charge in [0.2, 0.25) is 0 Å². The molecular formula is C12H12FNO4. The monoisotopic (exact) mass is 253 g/mol. The molecule has 6 heteroatoms. The molecule has 1 aromatic rings. The van der Waals surface area contributed by atoms with E-state index in [1.54, 1.807) is 0 Å². The van der Waals surface area contributed by atoms with Crippen molar-refractivity contribution >= 4 is 11.9 Å². The summed E-state index contributed by atoms with van der Waals surface area (Å²) in [6.45, 7) is 3.30. The number of hydrogen-bond donors (Lipinski definition) is 2. The van der Waals surface area contributed by atoms with Gasteiger partial charge in [0.1, 0.15) is 17.1 Å².